The van der Waals surface area contributed by atoms with Gasteiger partial charge in [0.1, 0.15) is 0 Å². The van der Waals surface area contributed by atoms with Crippen molar-refractivity contribution in [3.63, 3.8) is 0 Å². The fourth-order valence-electron chi connectivity index (χ4n) is 1.86. The van der Waals surface area contributed by atoms with Crippen LogP contribution in [0.3, 0.4) is 0 Å². The Bertz CT molecular complexity index is 631. The second-order valence-electron chi connectivity index (χ2n) is 4.24. The summed E-state index contributed by atoms with van der Waals surface area (Å²) in [6, 6.07) is 12.9. The largest absolute Gasteiger partial charge is 0.322 e. The first-order valence-corrected chi connectivity index (χ1v) is 7.28. The molecule has 0 atom stereocenters. The summed E-state index contributed by atoms with van der Waals surface area (Å²) in [6.07, 6.45) is 0. The van der Waals surface area contributed by atoms with E-state index in [0.29, 0.717) is 21.6 Å². The number of amides is 1. The second kappa shape index (κ2) is 6.88. The third kappa shape index (κ3) is 3.39. The average Bonchev–Trinajstić information content (AvgIpc) is 2.44. The third-order valence-electron chi connectivity index (χ3n) is 2.83. The smallest absolute Gasteiger partial charge is 0.257 e. The molecule has 0 fully saturated rings. The molecule has 0 spiro atoms. The highest BCUT2D eigenvalue weighted by atomic mass is 79.9. The molecule has 2 aromatic carbocycles. The van der Waals surface area contributed by atoms with Gasteiger partial charge in [0.25, 0.3) is 5.91 Å². The quantitative estimate of drug-likeness (QED) is 0.870. The van der Waals surface area contributed by atoms with E-state index in [1.54, 1.807) is 18.2 Å². The molecule has 20 heavy (non-hydrogen) atoms. The van der Waals surface area contributed by atoms with Crippen molar-refractivity contribution in [1.29, 1.82) is 0 Å². The van der Waals surface area contributed by atoms with Crippen molar-refractivity contribution in [1.82, 2.24) is 5.32 Å². The van der Waals surface area contributed by atoms with E-state index in [0.717, 1.165) is 11.3 Å². The van der Waals surface area contributed by atoms with Gasteiger partial charge in [-0.05, 0) is 46.7 Å². The zero-order valence-corrected chi connectivity index (χ0v) is 13.3. The Kier molecular flexibility index (Phi) is 5.17. The molecule has 0 bridgehead atoms. The number of carbonyl (C=O) groups excluding carboxylic acids is 1. The van der Waals surface area contributed by atoms with Gasteiger partial charge in [-0.1, -0.05) is 35.9 Å². The van der Waals surface area contributed by atoms with Gasteiger partial charge in [0, 0.05) is 16.7 Å². The molecule has 2 N–H and O–H groups in total. The standard InChI is InChI=1S/C15H14BrClN2O/c1-18-9-10-5-2-3-8-13(10)19-15(20)11-6-4-7-12(16)14(11)17/h2-8,18H,9H2,1H3,(H,19,20). The number of halogens is 2. The SMILES string of the molecule is CNCc1ccccc1NC(=O)c1cccc(Br)c1Cl. The van der Waals surface area contributed by atoms with Gasteiger partial charge >= 0.3 is 0 Å². The maximum atomic E-state index is 12.3. The lowest BCUT2D eigenvalue weighted by atomic mass is 10.1. The number of benzene rings is 2. The van der Waals surface area contributed by atoms with Crippen LogP contribution in [0.15, 0.2) is 46.9 Å². The maximum Gasteiger partial charge on any atom is 0.257 e. The molecule has 2 rings (SSSR count). The van der Waals surface area contributed by atoms with Crippen LogP contribution < -0.4 is 10.6 Å². The number of rotatable bonds is 4. The molecule has 0 saturated carbocycles. The summed E-state index contributed by atoms with van der Waals surface area (Å²) in [5.74, 6) is -0.222. The molecule has 0 aliphatic heterocycles. The summed E-state index contributed by atoms with van der Waals surface area (Å²) in [5, 5.41) is 6.38. The van der Waals surface area contributed by atoms with Gasteiger partial charge in [-0.2, -0.15) is 0 Å². The van der Waals surface area contributed by atoms with E-state index in [-0.39, 0.29) is 5.91 Å². The monoisotopic (exact) mass is 352 g/mol. The molecule has 0 unspecified atom stereocenters. The van der Waals surface area contributed by atoms with Crippen LogP contribution in [0.4, 0.5) is 5.69 Å². The van der Waals surface area contributed by atoms with Crippen LogP contribution in [0, 0.1) is 0 Å². The van der Waals surface area contributed by atoms with Crippen molar-refractivity contribution in [2.45, 2.75) is 6.54 Å². The number of hydrogen-bond acceptors (Lipinski definition) is 2. The first-order valence-electron chi connectivity index (χ1n) is 6.11. The van der Waals surface area contributed by atoms with Gasteiger partial charge in [0.05, 0.1) is 10.6 Å². The molecular weight excluding hydrogens is 340 g/mol. The number of carbonyl (C=O) groups is 1. The molecule has 0 aliphatic rings. The summed E-state index contributed by atoms with van der Waals surface area (Å²) in [6.45, 7) is 0.683. The van der Waals surface area contributed by atoms with Crippen LogP contribution >= 0.6 is 27.5 Å². The minimum Gasteiger partial charge on any atom is -0.322 e. The van der Waals surface area contributed by atoms with Gasteiger partial charge in [0.2, 0.25) is 0 Å². The van der Waals surface area contributed by atoms with E-state index in [1.165, 1.54) is 0 Å². The number of nitrogens with one attached hydrogen (secondary N) is 2. The lowest BCUT2D eigenvalue weighted by Crippen LogP contribution is -2.15. The summed E-state index contributed by atoms with van der Waals surface area (Å²) in [7, 11) is 1.86. The van der Waals surface area contributed by atoms with Crippen LogP contribution in [0.25, 0.3) is 0 Å². The van der Waals surface area contributed by atoms with Crippen molar-refractivity contribution < 1.29 is 4.79 Å². The Hall–Kier alpha value is -1.36. The van der Waals surface area contributed by atoms with E-state index in [1.807, 2.05) is 31.3 Å². The van der Waals surface area contributed by atoms with Gasteiger partial charge in [-0.3, -0.25) is 4.79 Å². The predicted octanol–water partition coefficient (Wildman–Crippen LogP) is 4.07. The molecule has 0 aromatic heterocycles. The molecule has 0 saturated heterocycles. The van der Waals surface area contributed by atoms with Crippen molar-refractivity contribution >= 4 is 39.1 Å². The van der Waals surface area contributed by atoms with E-state index < -0.39 is 0 Å². The summed E-state index contributed by atoms with van der Waals surface area (Å²) in [4.78, 5) is 12.3. The normalized spacial score (nSPS) is 10.3. The highest BCUT2D eigenvalue weighted by Gasteiger charge is 2.13. The van der Waals surface area contributed by atoms with Gasteiger partial charge < -0.3 is 10.6 Å². The molecule has 3 nitrogen and oxygen atoms in total. The third-order valence-corrected chi connectivity index (χ3v) is 4.13. The van der Waals surface area contributed by atoms with E-state index >= 15 is 0 Å². The van der Waals surface area contributed by atoms with Crippen molar-refractivity contribution in [3.05, 3.63) is 63.1 Å². The Balaban J connectivity index is 2.26. The Morgan fingerprint density at radius 2 is 1.95 bits per heavy atom. The topological polar surface area (TPSA) is 41.1 Å². The van der Waals surface area contributed by atoms with E-state index in [9.17, 15) is 4.79 Å². The average molecular weight is 354 g/mol. The molecule has 0 heterocycles. The molecule has 1 amide bonds. The van der Waals surface area contributed by atoms with Crippen LogP contribution in [0.2, 0.25) is 5.02 Å². The minimum absolute atomic E-state index is 0.222. The molecule has 104 valence electrons. The predicted molar refractivity (Wildman–Crippen MR) is 86.3 cm³/mol. The molecular formula is C15H14BrClN2O. The first kappa shape index (κ1) is 15.0. The van der Waals surface area contributed by atoms with E-state index in [2.05, 4.69) is 26.6 Å². The van der Waals surface area contributed by atoms with Crippen molar-refractivity contribution in [3.8, 4) is 0 Å². The summed E-state index contributed by atoms with van der Waals surface area (Å²) >= 11 is 9.45. The first-order chi connectivity index (χ1) is 9.63. The zero-order chi connectivity index (χ0) is 14.5. The maximum absolute atomic E-state index is 12.3. The molecule has 2 aromatic rings. The molecule has 5 heteroatoms. The Morgan fingerprint density at radius 1 is 1.20 bits per heavy atom. The highest BCUT2D eigenvalue weighted by Crippen LogP contribution is 2.27. The van der Waals surface area contributed by atoms with Gasteiger partial charge in [-0.15, -0.1) is 0 Å². The van der Waals surface area contributed by atoms with Crippen LogP contribution in [-0.2, 0) is 6.54 Å². The van der Waals surface area contributed by atoms with Gasteiger partial charge in [-0.25, -0.2) is 0 Å². The van der Waals surface area contributed by atoms with Crippen LogP contribution in [0.1, 0.15) is 15.9 Å². The number of hydrogen-bond donors (Lipinski definition) is 2. The Labute approximate surface area is 131 Å². The summed E-state index contributed by atoms with van der Waals surface area (Å²) in [5.41, 5.74) is 2.25. The van der Waals surface area contributed by atoms with E-state index in [4.69, 9.17) is 11.6 Å². The number of anilines is 1. The minimum atomic E-state index is -0.222. The fraction of sp³-hybridized carbons (Fsp3) is 0.133. The molecule has 0 aliphatic carbocycles. The van der Waals surface area contributed by atoms with Crippen LogP contribution in [0.5, 0.6) is 0 Å². The second-order valence-corrected chi connectivity index (χ2v) is 5.48. The number of para-hydroxylation sites is 1. The van der Waals surface area contributed by atoms with Gasteiger partial charge in [0.15, 0.2) is 0 Å². The highest BCUT2D eigenvalue weighted by molar-refractivity contribution is 9.10. The fourth-order valence-corrected chi connectivity index (χ4v) is 2.43. The lowest BCUT2D eigenvalue weighted by molar-refractivity contribution is 0.102. The summed E-state index contributed by atoms with van der Waals surface area (Å²) < 4.78 is 0.704. The van der Waals surface area contributed by atoms with Crippen LogP contribution in [-0.4, -0.2) is 13.0 Å². The van der Waals surface area contributed by atoms with Crippen molar-refractivity contribution in [2.24, 2.45) is 0 Å². The molecule has 0 radical (unpaired) electrons. The van der Waals surface area contributed by atoms with Crippen molar-refractivity contribution in [2.75, 3.05) is 12.4 Å². The lowest BCUT2D eigenvalue weighted by Gasteiger charge is -2.11. The Morgan fingerprint density at radius 3 is 2.70 bits per heavy atom. The zero-order valence-electron chi connectivity index (χ0n) is 10.9.